The molecule has 3 aromatic carbocycles. The van der Waals surface area contributed by atoms with Crippen molar-refractivity contribution < 1.29 is 24.4 Å². The molecule has 1 amide bonds. The van der Waals surface area contributed by atoms with Gasteiger partial charge in [-0.1, -0.05) is 38.1 Å². The predicted molar refractivity (Wildman–Crippen MR) is 128 cm³/mol. The van der Waals surface area contributed by atoms with Gasteiger partial charge in [-0.05, 0) is 35.7 Å². The van der Waals surface area contributed by atoms with Crippen molar-refractivity contribution in [3.05, 3.63) is 98.7 Å². The molecule has 0 fully saturated rings. The smallest absolute Gasteiger partial charge is 0.280 e. The van der Waals surface area contributed by atoms with Crippen LogP contribution in [0.3, 0.4) is 0 Å². The number of aliphatic hydroxyl groups is 1. The van der Waals surface area contributed by atoms with Crippen molar-refractivity contribution in [1.82, 2.24) is 15.5 Å². The van der Waals surface area contributed by atoms with Crippen LogP contribution in [0.25, 0.3) is 10.9 Å². The summed E-state index contributed by atoms with van der Waals surface area (Å²) in [5.41, 5.74) is -0.919. The van der Waals surface area contributed by atoms with Crippen molar-refractivity contribution in [3.8, 4) is 5.75 Å². The average Bonchev–Trinajstić information content (AvgIpc) is 3.47. The first-order valence-electron chi connectivity index (χ1n) is 11.3. The van der Waals surface area contributed by atoms with Crippen molar-refractivity contribution in [2.24, 2.45) is 0 Å². The SMILES string of the molecule is CC(C)c1ccc2c(c1)OC1(O)c3cccc([N+](=O)[O-])c3C(=O)C21NC(=O)c1ccc2[nH]ncc2c1. The van der Waals surface area contributed by atoms with Gasteiger partial charge in [0, 0.05) is 28.1 Å². The van der Waals surface area contributed by atoms with E-state index in [9.17, 15) is 24.8 Å². The molecule has 6 rings (SSSR count). The van der Waals surface area contributed by atoms with Crippen LogP contribution in [0.4, 0.5) is 5.69 Å². The molecule has 1 aliphatic heterocycles. The van der Waals surface area contributed by atoms with Crippen LogP contribution in [0.1, 0.15) is 57.2 Å². The fourth-order valence-corrected chi connectivity index (χ4v) is 5.18. The summed E-state index contributed by atoms with van der Waals surface area (Å²) < 4.78 is 6.02. The van der Waals surface area contributed by atoms with Crippen molar-refractivity contribution >= 4 is 28.3 Å². The lowest BCUT2D eigenvalue weighted by Gasteiger charge is -2.34. The van der Waals surface area contributed by atoms with Crippen LogP contribution in [0.15, 0.2) is 60.8 Å². The maximum atomic E-state index is 14.1. The number of nitro groups is 1. The number of nitrogens with zero attached hydrogens (tertiary/aromatic N) is 2. The zero-order chi connectivity index (χ0) is 25.4. The topological polar surface area (TPSA) is 147 Å². The summed E-state index contributed by atoms with van der Waals surface area (Å²) in [5.74, 6) is -3.52. The zero-order valence-corrected chi connectivity index (χ0v) is 19.2. The van der Waals surface area contributed by atoms with E-state index in [1.807, 2.05) is 13.8 Å². The Morgan fingerprint density at radius 3 is 2.72 bits per heavy atom. The highest BCUT2D eigenvalue weighted by atomic mass is 16.6. The Labute approximate surface area is 204 Å². The highest BCUT2D eigenvalue weighted by Gasteiger charge is 2.73. The summed E-state index contributed by atoms with van der Waals surface area (Å²) in [7, 11) is 0. The van der Waals surface area contributed by atoms with E-state index in [1.54, 1.807) is 42.6 Å². The van der Waals surface area contributed by atoms with Crippen LogP contribution in [-0.4, -0.2) is 31.9 Å². The van der Waals surface area contributed by atoms with Crippen molar-refractivity contribution in [2.75, 3.05) is 0 Å². The van der Waals surface area contributed by atoms with Gasteiger partial charge in [0.05, 0.1) is 16.6 Å². The third kappa shape index (κ3) is 2.67. The molecule has 10 heteroatoms. The van der Waals surface area contributed by atoms with Crippen LogP contribution < -0.4 is 10.1 Å². The van der Waals surface area contributed by atoms with E-state index in [1.165, 1.54) is 18.2 Å². The number of rotatable bonds is 4. The first kappa shape index (κ1) is 21.9. The van der Waals surface area contributed by atoms with Crippen LogP contribution in [0.2, 0.25) is 0 Å². The molecule has 4 aromatic rings. The standard InChI is InChI=1S/C26H20N4O6/c1-13(2)14-6-8-17-21(11-14)36-26(33)18-4-3-5-20(30(34)35)22(18)23(31)25(17,26)28-24(32)15-7-9-19-16(10-15)12-27-29-19/h3-13,33H,1-2H3,(H,27,29)(H,28,32). The number of aromatic amines is 1. The lowest BCUT2D eigenvalue weighted by Crippen LogP contribution is -2.60. The number of carbonyl (C=O) groups is 2. The highest BCUT2D eigenvalue weighted by molar-refractivity contribution is 6.15. The van der Waals surface area contributed by atoms with Gasteiger partial charge in [0.1, 0.15) is 11.3 Å². The monoisotopic (exact) mass is 484 g/mol. The number of Topliss-reactive ketones (excluding diaryl/α,β-unsaturated/α-hetero) is 1. The zero-order valence-electron chi connectivity index (χ0n) is 19.2. The van der Waals surface area contributed by atoms with Gasteiger partial charge in [0.25, 0.3) is 17.4 Å². The molecule has 2 heterocycles. The Morgan fingerprint density at radius 2 is 1.97 bits per heavy atom. The van der Waals surface area contributed by atoms with Crippen molar-refractivity contribution in [1.29, 1.82) is 0 Å². The number of nitrogens with one attached hydrogen (secondary N) is 2. The number of hydrogen-bond acceptors (Lipinski definition) is 7. The Kier molecular flexibility index (Phi) is 4.40. The number of aromatic nitrogens is 2. The van der Waals surface area contributed by atoms with Crippen LogP contribution in [0.5, 0.6) is 5.75 Å². The summed E-state index contributed by atoms with van der Waals surface area (Å²) in [5, 5.41) is 33.9. The normalized spacial score (nSPS) is 21.7. The number of ketones is 1. The fraction of sp³-hybridized carbons (Fsp3) is 0.192. The van der Waals surface area contributed by atoms with Gasteiger partial charge in [-0.2, -0.15) is 5.10 Å². The first-order valence-corrected chi connectivity index (χ1v) is 11.3. The Morgan fingerprint density at radius 1 is 1.17 bits per heavy atom. The molecule has 1 aliphatic carbocycles. The molecule has 0 saturated carbocycles. The lowest BCUT2D eigenvalue weighted by molar-refractivity contribution is -0.385. The minimum Gasteiger partial charge on any atom is -0.454 e. The van der Waals surface area contributed by atoms with E-state index >= 15 is 0 Å². The summed E-state index contributed by atoms with van der Waals surface area (Å²) in [6.07, 6.45) is 1.56. The van der Waals surface area contributed by atoms with Gasteiger partial charge in [-0.15, -0.1) is 0 Å². The number of benzene rings is 3. The maximum Gasteiger partial charge on any atom is 0.280 e. The summed E-state index contributed by atoms with van der Waals surface area (Å²) in [4.78, 5) is 38.7. The third-order valence-corrected chi connectivity index (χ3v) is 7.02. The number of H-pyrrole nitrogens is 1. The second-order valence-corrected chi connectivity index (χ2v) is 9.32. The van der Waals surface area contributed by atoms with Crippen LogP contribution in [0, 0.1) is 10.1 Å². The van der Waals surface area contributed by atoms with Gasteiger partial charge in [-0.3, -0.25) is 24.8 Å². The lowest BCUT2D eigenvalue weighted by atomic mass is 9.82. The van der Waals surface area contributed by atoms with Crippen LogP contribution >= 0.6 is 0 Å². The molecule has 0 spiro atoms. The highest BCUT2D eigenvalue weighted by Crippen LogP contribution is 2.59. The number of hydrogen-bond donors (Lipinski definition) is 3. The second-order valence-electron chi connectivity index (χ2n) is 9.32. The van der Waals surface area contributed by atoms with E-state index in [-0.39, 0.29) is 33.9 Å². The second kappa shape index (κ2) is 7.22. The van der Waals surface area contributed by atoms with Crippen molar-refractivity contribution in [3.63, 3.8) is 0 Å². The molecule has 180 valence electrons. The van der Waals surface area contributed by atoms with Gasteiger partial charge in [0.2, 0.25) is 11.3 Å². The van der Waals surface area contributed by atoms with E-state index in [2.05, 4.69) is 15.5 Å². The maximum absolute atomic E-state index is 14.1. The van der Waals surface area contributed by atoms with Gasteiger partial charge in [-0.25, -0.2) is 0 Å². The van der Waals surface area contributed by atoms with Crippen molar-refractivity contribution in [2.45, 2.75) is 31.1 Å². The molecule has 0 saturated heterocycles. The summed E-state index contributed by atoms with van der Waals surface area (Å²) >= 11 is 0. The molecule has 0 radical (unpaired) electrons. The van der Waals surface area contributed by atoms with E-state index < -0.39 is 33.6 Å². The third-order valence-electron chi connectivity index (χ3n) is 7.02. The molecule has 0 bridgehead atoms. The first-order chi connectivity index (χ1) is 17.2. The van der Waals surface area contributed by atoms with Crippen LogP contribution in [-0.2, 0) is 11.3 Å². The molecule has 1 aromatic heterocycles. The minimum atomic E-state index is -2.39. The van der Waals surface area contributed by atoms with Gasteiger partial charge in [0.15, 0.2) is 0 Å². The van der Waals surface area contributed by atoms with E-state index in [4.69, 9.17) is 4.74 Å². The summed E-state index contributed by atoms with van der Waals surface area (Å²) in [6.45, 7) is 3.97. The molecule has 2 unspecified atom stereocenters. The van der Waals surface area contributed by atoms with E-state index in [0.717, 1.165) is 11.1 Å². The molecule has 2 aliphatic rings. The fourth-order valence-electron chi connectivity index (χ4n) is 5.18. The summed E-state index contributed by atoms with van der Waals surface area (Å²) in [6, 6.07) is 13.9. The average molecular weight is 484 g/mol. The van der Waals surface area contributed by atoms with E-state index in [0.29, 0.717) is 5.39 Å². The number of fused-ring (bicyclic) bond motifs is 6. The Bertz CT molecular complexity index is 1630. The minimum absolute atomic E-state index is 0.0745. The molecular weight excluding hydrogens is 464 g/mol. The predicted octanol–water partition coefficient (Wildman–Crippen LogP) is 3.65. The number of amides is 1. The largest absolute Gasteiger partial charge is 0.454 e. The molecule has 10 nitrogen and oxygen atoms in total. The Hall–Kier alpha value is -4.57. The molecule has 36 heavy (non-hydrogen) atoms. The quantitative estimate of drug-likeness (QED) is 0.296. The number of nitro benzene ring substituents is 1. The molecule has 3 N–H and O–H groups in total. The van der Waals surface area contributed by atoms with Gasteiger partial charge >= 0.3 is 0 Å². The number of ether oxygens (including phenoxy) is 1. The molecular formula is C26H20N4O6. The number of carbonyl (C=O) groups excluding carboxylic acids is 2. The van der Waals surface area contributed by atoms with Gasteiger partial charge < -0.3 is 15.2 Å². The Balaban J connectivity index is 1.56. The molecule has 2 atom stereocenters.